The number of rotatable bonds is 6. The van der Waals surface area contributed by atoms with Crippen molar-refractivity contribution in [3.05, 3.63) is 30.5 Å². The third kappa shape index (κ3) is 3.50. The molecule has 0 spiro atoms. The highest BCUT2D eigenvalue weighted by molar-refractivity contribution is 5.86. The van der Waals surface area contributed by atoms with E-state index in [1.807, 2.05) is 13.0 Å². The van der Waals surface area contributed by atoms with Gasteiger partial charge in [-0.05, 0) is 24.6 Å². The third-order valence-electron chi connectivity index (χ3n) is 3.40. The van der Waals surface area contributed by atoms with Crippen LogP contribution in [0.25, 0.3) is 10.9 Å². The van der Waals surface area contributed by atoms with Crippen LogP contribution in [0.15, 0.2) is 30.5 Å². The highest BCUT2D eigenvalue weighted by Gasteiger charge is 2.38. The molecule has 0 aliphatic rings. The van der Waals surface area contributed by atoms with Gasteiger partial charge >= 0.3 is 6.18 Å². The molecular weight excluding hydrogens is 281 g/mol. The summed E-state index contributed by atoms with van der Waals surface area (Å²) in [7, 11) is 0. The van der Waals surface area contributed by atoms with E-state index in [1.165, 1.54) is 0 Å². The van der Waals surface area contributed by atoms with E-state index in [0.29, 0.717) is 12.4 Å². The average molecular weight is 300 g/mol. The molecule has 6 heteroatoms. The number of aromatic nitrogens is 1. The van der Waals surface area contributed by atoms with Gasteiger partial charge in [-0.15, -0.1) is 0 Å². The Morgan fingerprint density at radius 1 is 1.29 bits per heavy atom. The molecule has 1 aromatic heterocycles. The Bertz CT molecular complexity index is 592. The zero-order valence-electron chi connectivity index (χ0n) is 11.9. The van der Waals surface area contributed by atoms with Gasteiger partial charge in [-0.2, -0.15) is 13.2 Å². The van der Waals surface area contributed by atoms with E-state index in [2.05, 4.69) is 0 Å². The fourth-order valence-corrected chi connectivity index (χ4v) is 2.24. The van der Waals surface area contributed by atoms with Gasteiger partial charge in [-0.1, -0.05) is 13.0 Å². The molecule has 2 rings (SSSR count). The number of ether oxygens (including phenoxy) is 1. The van der Waals surface area contributed by atoms with Gasteiger partial charge in [0.05, 0.1) is 18.0 Å². The van der Waals surface area contributed by atoms with Crippen molar-refractivity contribution in [2.75, 3.05) is 13.2 Å². The molecule has 0 saturated heterocycles. The van der Waals surface area contributed by atoms with Crippen LogP contribution in [0, 0.1) is 5.92 Å². The summed E-state index contributed by atoms with van der Waals surface area (Å²) < 4.78 is 45.7. The van der Waals surface area contributed by atoms with E-state index in [1.54, 1.807) is 29.0 Å². The molecule has 116 valence electrons. The first-order valence-corrected chi connectivity index (χ1v) is 6.94. The molecular formula is C15H19F3N2O. The molecule has 1 aromatic carbocycles. The fourth-order valence-electron chi connectivity index (χ4n) is 2.24. The number of hydrogen-bond donors (Lipinski definition) is 1. The summed E-state index contributed by atoms with van der Waals surface area (Å²) in [6, 6.07) is 7.18. The summed E-state index contributed by atoms with van der Waals surface area (Å²) in [6.45, 7) is 1.98. The third-order valence-corrected chi connectivity index (χ3v) is 3.40. The van der Waals surface area contributed by atoms with Crippen molar-refractivity contribution < 1.29 is 17.9 Å². The smallest absolute Gasteiger partial charge is 0.394 e. The van der Waals surface area contributed by atoms with Crippen LogP contribution in [0.4, 0.5) is 13.2 Å². The van der Waals surface area contributed by atoms with Gasteiger partial charge in [0.1, 0.15) is 5.75 Å². The Labute approximate surface area is 121 Å². The number of nitrogens with two attached hydrogens (primary N) is 1. The molecule has 2 aromatic rings. The van der Waals surface area contributed by atoms with E-state index >= 15 is 0 Å². The minimum Gasteiger partial charge on any atom is -0.493 e. The van der Waals surface area contributed by atoms with E-state index < -0.39 is 18.6 Å². The van der Waals surface area contributed by atoms with Crippen molar-refractivity contribution in [1.82, 2.24) is 4.57 Å². The van der Waals surface area contributed by atoms with Crippen LogP contribution in [0.1, 0.15) is 13.3 Å². The minimum absolute atomic E-state index is 0.180. The predicted molar refractivity (Wildman–Crippen MR) is 76.3 cm³/mol. The Hall–Kier alpha value is -1.69. The lowest BCUT2D eigenvalue weighted by atomic mass is 10.1. The molecule has 0 radical (unpaired) electrons. The van der Waals surface area contributed by atoms with Crippen LogP contribution in [-0.4, -0.2) is 23.9 Å². The molecule has 3 nitrogen and oxygen atoms in total. The van der Waals surface area contributed by atoms with Crippen LogP contribution in [-0.2, 0) is 6.54 Å². The second-order valence-electron chi connectivity index (χ2n) is 4.98. The van der Waals surface area contributed by atoms with Crippen LogP contribution in [0.5, 0.6) is 5.75 Å². The van der Waals surface area contributed by atoms with Gasteiger partial charge in [0, 0.05) is 24.7 Å². The van der Waals surface area contributed by atoms with Crippen LogP contribution in [0.3, 0.4) is 0 Å². The van der Waals surface area contributed by atoms with Gasteiger partial charge in [0.25, 0.3) is 0 Å². The molecule has 21 heavy (non-hydrogen) atoms. The first-order valence-electron chi connectivity index (χ1n) is 6.94. The zero-order valence-corrected chi connectivity index (χ0v) is 11.9. The van der Waals surface area contributed by atoms with Gasteiger partial charge < -0.3 is 15.0 Å². The lowest BCUT2D eigenvalue weighted by Gasteiger charge is -2.19. The van der Waals surface area contributed by atoms with E-state index in [4.69, 9.17) is 10.5 Å². The van der Waals surface area contributed by atoms with E-state index in [-0.39, 0.29) is 6.54 Å². The largest absolute Gasteiger partial charge is 0.493 e. The molecule has 1 atom stereocenters. The minimum atomic E-state index is -4.29. The molecule has 0 fully saturated rings. The number of hydrogen-bond acceptors (Lipinski definition) is 2. The number of halogens is 3. The molecule has 0 aliphatic heterocycles. The summed E-state index contributed by atoms with van der Waals surface area (Å²) in [5.74, 6) is -0.849. The summed E-state index contributed by atoms with van der Waals surface area (Å²) in [6.07, 6.45) is -1.76. The summed E-state index contributed by atoms with van der Waals surface area (Å²) in [5, 5.41) is 0.823. The number of benzene rings is 1. The quantitative estimate of drug-likeness (QED) is 0.886. The van der Waals surface area contributed by atoms with Gasteiger partial charge in [-0.3, -0.25) is 0 Å². The second-order valence-corrected chi connectivity index (χ2v) is 4.98. The second kappa shape index (κ2) is 6.39. The number of fused-ring (bicyclic) bond motifs is 1. The summed E-state index contributed by atoms with van der Waals surface area (Å²) in [4.78, 5) is 0. The molecule has 1 heterocycles. The average Bonchev–Trinajstić information content (AvgIpc) is 2.84. The lowest BCUT2D eigenvalue weighted by Crippen LogP contribution is -2.33. The van der Waals surface area contributed by atoms with Crippen LogP contribution < -0.4 is 10.5 Å². The van der Waals surface area contributed by atoms with Crippen LogP contribution >= 0.6 is 0 Å². The summed E-state index contributed by atoms with van der Waals surface area (Å²) >= 11 is 0. The predicted octanol–water partition coefficient (Wildman–Crippen LogP) is 3.57. The fraction of sp³-hybridized carbons (Fsp3) is 0.467. The van der Waals surface area contributed by atoms with Gasteiger partial charge in [0.15, 0.2) is 0 Å². The maximum Gasteiger partial charge on any atom is 0.394 e. The van der Waals surface area contributed by atoms with Crippen molar-refractivity contribution in [3.63, 3.8) is 0 Å². The molecule has 2 N–H and O–H groups in total. The van der Waals surface area contributed by atoms with Crippen molar-refractivity contribution >= 4 is 10.9 Å². The Morgan fingerprint density at radius 3 is 2.67 bits per heavy atom. The zero-order chi connectivity index (χ0) is 15.5. The normalized spacial score (nSPS) is 13.6. The van der Waals surface area contributed by atoms with Crippen LogP contribution in [0.2, 0.25) is 0 Å². The topological polar surface area (TPSA) is 40.2 Å². The number of nitrogens with zero attached hydrogens (tertiary/aromatic N) is 1. The van der Waals surface area contributed by atoms with Crippen molar-refractivity contribution in [2.45, 2.75) is 26.1 Å². The first kappa shape index (κ1) is 15.7. The molecule has 0 bridgehead atoms. The summed E-state index contributed by atoms with van der Waals surface area (Å²) in [5.41, 5.74) is 5.99. The maximum atomic E-state index is 12.8. The first-order chi connectivity index (χ1) is 9.97. The Morgan fingerprint density at radius 2 is 2.05 bits per heavy atom. The molecule has 1 unspecified atom stereocenters. The van der Waals surface area contributed by atoms with E-state index in [0.717, 1.165) is 17.3 Å². The van der Waals surface area contributed by atoms with Gasteiger partial charge in [0.2, 0.25) is 0 Å². The number of alkyl halides is 3. The van der Waals surface area contributed by atoms with Gasteiger partial charge in [-0.25, -0.2) is 0 Å². The monoisotopic (exact) mass is 300 g/mol. The van der Waals surface area contributed by atoms with Crippen molar-refractivity contribution in [1.29, 1.82) is 0 Å². The molecule has 0 saturated carbocycles. The highest BCUT2D eigenvalue weighted by atomic mass is 19.4. The Balaban J connectivity index is 2.30. The SMILES string of the molecule is CCCOc1cccc2c1ccn2CC(CN)C(F)(F)F. The van der Waals surface area contributed by atoms with Crippen molar-refractivity contribution in [3.8, 4) is 5.75 Å². The maximum absolute atomic E-state index is 12.8. The highest BCUT2D eigenvalue weighted by Crippen LogP contribution is 2.31. The molecule has 0 aliphatic carbocycles. The molecule has 0 amide bonds. The Kier molecular flexibility index (Phi) is 4.77. The van der Waals surface area contributed by atoms with E-state index in [9.17, 15) is 13.2 Å². The standard InChI is InChI=1S/C15H19F3N2O/c1-2-8-21-14-5-3-4-13-12(14)6-7-20(13)10-11(9-19)15(16,17)18/h3-7,11H,2,8-10,19H2,1H3. The lowest BCUT2D eigenvalue weighted by molar-refractivity contribution is -0.174. The van der Waals surface area contributed by atoms with Crippen molar-refractivity contribution in [2.24, 2.45) is 11.7 Å².